The zero-order valence-corrected chi connectivity index (χ0v) is 17.7. The van der Waals surface area contributed by atoms with E-state index in [1.807, 2.05) is 67.7 Å². The normalized spacial score (nSPS) is 11.8. The number of ether oxygens (including phenoxy) is 2. The van der Waals surface area contributed by atoms with Crippen LogP contribution in [0.15, 0.2) is 60.8 Å². The van der Waals surface area contributed by atoms with Gasteiger partial charge >= 0.3 is 6.09 Å². The number of carbonyl (C=O) groups is 2. The molecular formula is C24H29N3O4. The van der Waals surface area contributed by atoms with Crippen LogP contribution in [0.4, 0.5) is 4.79 Å². The van der Waals surface area contributed by atoms with Crippen LogP contribution in [-0.4, -0.2) is 42.8 Å². The first-order chi connectivity index (χ1) is 15.2. The van der Waals surface area contributed by atoms with Crippen molar-refractivity contribution in [2.24, 2.45) is 0 Å². The lowest BCUT2D eigenvalue weighted by Crippen LogP contribution is -2.48. The number of benzene rings is 2. The molecule has 0 saturated heterocycles. The molecule has 0 radical (unpaired) electrons. The minimum absolute atomic E-state index is 0.141. The Balaban J connectivity index is 1.63. The van der Waals surface area contributed by atoms with E-state index in [1.54, 1.807) is 0 Å². The SMILES string of the molecule is CCOCCCNC(=O)[C@H](Cc1c[nH]c2ccccc12)NC(=O)OCc1ccccc1. The Kier molecular flexibility index (Phi) is 8.48. The maximum absolute atomic E-state index is 12.8. The number of para-hydroxylation sites is 1. The quantitative estimate of drug-likeness (QED) is 0.411. The Bertz CT molecular complexity index is 971. The predicted molar refractivity (Wildman–Crippen MR) is 120 cm³/mol. The van der Waals surface area contributed by atoms with Gasteiger partial charge in [0.1, 0.15) is 12.6 Å². The van der Waals surface area contributed by atoms with Gasteiger partial charge in [-0.05, 0) is 30.5 Å². The van der Waals surface area contributed by atoms with E-state index in [1.165, 1.54) is 0 Å². The molecule has 1 heterocycles. The highest BCUT2D eigenvalue weighted by atomic mass is 16.5. The lowest BCUT2D eigenvalue weighted by Gasteiger charge is -2.18. The largest absolute Gasteiger partial charge is 0.445 e. The van der Waals surface area contributed by atoms with Gasteiger partial charge in [0.05, 0.1) is 0 Å². The van der Waals surface area contributed by atoms with E-state index >= 15 is 0 Å². The molecular weight excluding hydrogens is 394 g/mol. The average Bonchev–Trinajstić information content (AvgIpc) is 3.20. The number of alkyl carbamates (subject to hydrolysis) is 1. The predicted octanol–water partition coefficient (Wildman–Crippen LogP) is 3.55. The number of fused-ring (bicyclic) bond motifs is 1. The number of hydrogen-bond donors (Lipinski definition) is 3. The molecule has 31 heavy (non-hydrogen) atoms. The Morgan fingerprint density at radius 3 is 2.65 bits per heavy atom. The van der Waals surface area contributed by atoms with Crippen molar-refractivity contribution in [3.05, 3.63) is 71.9 Å². The van der Waals surface area contributed by atoms with E-state index in [0.717, 1.165) is 22.0 Å². The number of aromatic amines is 1. The molecule has 0 aliphatic rings. The van der Waals surface area contributed by atoms with Crippen LogP contribution in [0.25, 0.3) is 10.9 Å². The first-order valence-corrected chi connectivity index (χ1v) is 10.5. The Labute approximate surface area is 182 Å². The molecule has 3 aromatic rings. The van der Waals surface area contributed by atoms with Crippen molar-refractivity contribution in [1.82, 2.24) is 15.6 Å². The van der Waals surface area contributed by atoms with Gasteiger partial charge in [-0.1, -0.05) is 48.5 Å². The molecule has 3 rings (SSSR count). The average molecular weight is 424 g/mol. The third-order valence-corrected chi connectivity index (χ3v) is 4.89. The molecule has 164 valence electrons. The maximum atomic E-state index is 12.8. The molecule has 0 fully saturated rings. The van der Waals surface area contributed by atoms with Gasteiger partial charge in [-0.25, -0.2) is 4.79 Å². The molecule has 0 aliphatic heterocycles. The lowest BCUT2D eigenvalue weighted by molar-refractivity contribution is -0.123. The number of aromatic nitrogens is 1. The molecule has 2 amide bonds. The van der Waals surface area contributed by atoms with Gasteiger partial charge < -0.3 is 25.1 Å². The molecule has 7 nitrogen and oxygen atoms in total. The van der Waals surface area contributed by atoms with Crippen LogP contribution in [0, 0.1) is 0 Å². The Morgan fingerprint density at radius 1 is 1.06 bits per heavy atom. The highest BCUT2D eigenvalue weighted by molar-refractivity contribution is 5.88. The molecule has 0 spiro atoms. The van der Waals surface area contributed by atoms with E-state index in [2.05, 4.69) is 15.6 Å². The molecule has 0 bridgehead atoms. The fraction of sp³-hybridized carbons (Fsp3) is 0.333. The molecule has 2 aromatic carbocycles. The third kappa shape index (κ3) is 6.86. The van der Waals surface area contributed by atoms with Crippen LogP contribution in [0.5, 0.6) is 0 Å². The van der Waals surface area contributed by atoms with Crippen LogP contribution in [-0.2, 0) is 27.3 Å². The zero-order chi connectivity index (χ0) is 21.9. The molecule has 0 aliphatic carbocycles. The Hall–Kier alpha value is -3.32. The van der Waals surface area contributed by atoms with Crippen molar-refractivity contribution in [2.45, 2.75) is 32.4 Å². The van der Waals surface area contributed by atoms with Gasteiger partial charge in [-0.15, -0.1) is 0 Å². The summed E-state index contributed by atoms with van der Waals surface area (Å²) in [5.74, 6) is -0.251. The smallest absolute Gasteiger partial charge is 0.408 e. The summed E-state index contributed by atoms with van der Waals surface area (Å²) in [4.78, 5) is 28.4. The third-order valence-electron chi connectivity index (χ3n) is 4.89. The topological polar surface area (TPSA) is 92.5 Å². The van der Waals surface area contributed by atoms with E-state index in [9.17, 15) is 9.59 Å². The van der Waals surface area contributed by atoms with Crippen LogP contribution < -0.4 is 10.6 Å². The number of nitrogens with one attached hydrogen (secondary N) is 3. The summed E-state index contributed by atoms with van der Waals surface area (Å²) in [7, 11) is 0. The summed E-state index contributed by atoms with van der Waals surface area (Å²) >= 11 is 0. The summed E-state index contributed by atoms with van der Waals surface area (Å²) in [6, 6.07) is 16.5. The van der Waals surface area contributed by atoms with Crippen molar-refractivity contribution < 1.29 is 19.1 Å². The van der Waals surface area contributed by atoms with Crippen molar-refractivity contribution >= 4 is 22.9 Å². The van der Waals surface area contributed by atoms with Crippen LogP contribution in [0.1, 0.15) is 24.5 Å². The summed E-state index contributed by atoms with van der Waals surface area (Å²) in [6.45, 7) is 3.77. The van der Waals surface area contributed by atoms with Gasteiger partial charge in [0.15, 0.2) is 0 Å². The minimum Gasteiger partial charge on any atom is -0.445 e. The van der Waals surface area contributed by atoms with E-state index in [4.69, 9.17) is 9.47 Å². The molecule has 7 heteroatoms. The first kappa shape index (κ1) is 22.4. The monoisotopic (exact) mass is 423 g/mol. The van der Waals surface area contributed by atoms with Gasteiger partial charge in [0, 0.05) is 43.3 Å². The van der Waals surface area contributed by atoms with E-state index < -0.39 is 12.1 Å². The van der Waals surface area contributed by atoms with E-state index in [0.29, 0.717) is 32.6 Å². The van der Waals surface area contributed by atoms with Crippen molar-refractivity contribution in [2.75, 3.05) is 19.8 Å². The standard InChI is InChI=1S/C24H29N3O4/c1-2-30-14-8-13-25-23(28)22(15-19-16-26-21-12-7-6-11-20(19)21)27-24(29)31-17-18-9-4-3-5-10-18/h3-7,9-12,16,22,26H,2,8,13-15,17H2,1H3,(H,25,28)(H,27,29)/t22-/m0/s1. The van der Waals surface area contributed by atoms with Crippen LogP contribution >= 0.6 is 0 Å². The molecule has 3 N–H and O–H groups in total. The van der Waals surface area contributed by atoms with Gasteiger partial charge in [-0.3, -0.25) is 4.79 Å². The van der Waals surface area contributed by atoms with Crippen LogP contribution in [0.2, 0.25) is 0 Å². The van der Waals surface area contributed by atoms with Crippen molar-refractivity contribution in [3.63, 3.8) is 0 Å². The summed E-state index contributed by atoms with van der Waals surface area (Å²) < 4.78 is 10.6. The molecule has 1 atom stereocenters. The second-order valence-electron chi connectivity index (χ2n) is 7.16. The second-order valence-corrected chi connectivity index (χ2v) is 7.16. The Morgan fingerprint density at radius 2 is 1.84 bits per heavy atom. The van der Waals surface area contributed by atoms with Gasteiger partial charge in [-0.2, -0.15) is 0 Å². The minimum atomic E-state index is -0.755. The zero-order valence-electron chi connectivity index (χ0n) is 17.7. The summed E-state index contributed by atoms with van der Waals surface area (Å²) in [6.07, 6.45) is 2.30. The van der Waals surface area contributed by atoms with Crippen molar-refractivity contribution in [1.29, 1.82) is 0 Å². The second kappa shape index (κ2) is 11.8. The first-order valence-electron chi connectivity index (χ1n) is 10.5. The number of H-pyrrole nitrogens is 1. The number of rotatable bonds is 11. The lowest BCUT2D eigenvalue weighted by atomic mass is 10.0. The van der Waals surface area contributed by atoms with Gasteiger partial charge in [0.25, 0.3) is 0 Å². The van der Waals surface area contributed by atoms with E-state index in [-0.39, 0.29) is 12.5 Å². The fourth-order valence-corrected chi connectivity index (χ4v) is 3.29. The molecule has 1 aromatic heterocycles. The maximum Gasteiger partial charge on any atom is 0.408 e. The molecule has 0 saturated carbocycles. The van der Waals surface area contributed by atoms with Crippen LogP contribution in [0.3, 0.4) is 0 Å². The van der Waals surface area contributed by atoms with Crippen molar-refractivity contribution in [3.8, 4) is 0 Å². The summed E-state index contributed by atoms with van der Waals surface area (Å²) in [5, 5.41) is 6.63. The summed E-state index contributed by atoms with van der Waals surface area (Å²) in [5.41, 5.74) is 2.82. The molecule has 0 unspecified atom stereocenters. The number of carbonyl (C=O) groups excluding carboxylic acids is 2. The fourth-order valence-electron chi connectivity index (χ4n) is 3.29. The highest BCUT2D eigenvalue weighted by Gasteiger charge is 2.23. The number of hydrogen-bond acceptors (Lipinski definition) is 4. The number of amides is 2. The highest BCUT2D eigenvalue weighted by Crippen LogP contribution is 2.19. The van der Waals surface area contributed by atoms with Gasteiger partial charge in [0.2, 0.25) is 5.91 Å².